The Morgan fingerprint density at radius 1 is 1.14 bits per heavy atom. The first-order valence-electron chi connectivity index (χ1n) is 10.7. The van der Waals surface area contributed by atoms with Gasteiger partial charge in [0.2, 0.25) is 0 Å². The Balaban J connectivity index is 0.00000300. The topological polar surface area (TPSA) is 58.1 Å². The number of halogens is 1. The van der Waals surface area contributed by atoms with E-state index in [0.717, 1.165) is 58.1 Å². The molecule has 0 saturated carbocycles. The minimum Gasteiger partial charge on any atom is -0.376 e. The average molecular weight is 516 g/mol. The Morgan fingerprint density at radius 3 is 2.52 bits per heavy atom. The molecule has 29 heavy (non-hydrogen) atoms. The van der Waals surface area contributed by atoms with E-state index in [1.807, 2.05) is 0 Å². The Hall–Kier alpha value is -0.900. The van der Waals surface area contributed by atoms with Crippen LogP contribution in [-0.2, 0) is 22.6 Å². The van der Waals surface area contributed by atoms with Gasteiger partial charge in [-0.2, -0.15) is 0 Å². The summed E-state index contributed by atoms with van der Waals surface area (Å²) in [5.74, 6) is 0.862. The van der Waals surface area contributed by atoms with Crippen molar-refractivity contribution in [2.24, 2.45) is 4.99 Å². The molecular weight excluding hydrogens is 479 g/mol. The molecule has 0 amide bonds. The van der Waals surface area contributed by atoms with Crippen LogP contribution in [0.25, 0.3) is 0 Å². The summed E-state index contributed by atoms with van der Waals surface area (Å²) in [4.78, 5) is 7.31. The van der Waals surface area contributed by atoms with Gasteiger partial charge in [0.15, 0.2) is 5.96 Å². The van der Waals surface area contributed by atoms with E-state index in [1.165, 1.54) is 11.1 Å². The number of morpholine rings is 1. The number of aliphatic imine (C=N–C) groups is 1. The molecule has 0 aromatic heterocycles. The molecule has 1 aromatic carbocycles. The van der Waals surface area contributed by atoms with Crippen molar-refractivity contribution in [1.82, 2.24) is 15.5 Å². The van der Waals surface area contributed by atoms with Gasteiger partial charge in [-0.25, -0.2) is 4.99 Å². The van der Waals surface area contributed by atoms with Crippen LogP contribution in [0.3, 0.4) is 0 Å². The summed E-state index contributed by atoms with van der Waals surface area (Å²) >= 11 is 0. The van der Waals surface area contributed by atoms with Gasteiger partial charge in [0.1, 0.15) is 0 Å². The highest BCUT2D eigenvalue weighted by Gasteiger charge is 2.22. The van der Waals surface area contributed by atoms with Gasteiger partial charge < -0.3 is 20.1 Å². The maximum absolute atomic E-state index is 5.87. The molecule has 3 rings (SSSR count). The van der Waals surface area contributed by atoms with E-state index < -0.39 is 0 Å². The van der Waals surface area contributed by atoms with Crippen molar-refractivity contribution in [3.05, 3.63) is 35.4 Å². The van der Waals surface area contributed by atoms with E-state index in [0.29, 0.717) is 12.6 Å². The molecule has 0 bridgehead atoms. The molecule has 1 aromatic rings. The Kier molecular flexibility index (Phi) is 10.7. The van der Waals surface area contributed by atoms with Gasteiger partial charge in [-0.05, 0) is 44.7 Å². The molecule has 164 valence electrons. The smallest absolute Gasteiger partial charge is 0.191 e. The van der Waals surface area contributed by atoms with E-state index in [-0.39, 0.29) is 36.2 Å². The molecule has 2 fully saturated rings. The Morgan fingerprint density at radius 2 is 1.86 bits per heavy atom. The fourth-order valence-electron chi connectivity index (χ4n) is 4.04. The van der Waals surface area contributed by atoms with Gasteiger partial charge in [-0.1, -0.05) is 24.3 Å². The van der Waals surface area contributed by atoms with E-state index in [2.05, 4.69) is 60.6 Å². The molecule has 0 aliphatic carbocycles. The SMILES string of the molecule is CCNC(=NCc1ccccc1CN1CC(C)OC(C)C1)NCC1CCCO1.I. The predicted molar refractivity (Wildman–Crippen MR) is 129 cm³/mol. The molecule has 2 N–H and O–H groups in total. The van der Waals surface area contributed by atoms with Crippen molar-refractivity contribution in [2.75, 3.05) is 32.8 Å². The van der Waals surface area contributed by atoms with Crippen LogP contribution in [0.2, 0.25) is 0 Å². The third-order valence-electron chi connectivity index (χ3n) is 5.28. The molecule has 2 aliphatic rings. The van der Waals surface area contributed by atoms with E-state index in [1.54, 1.807) is 0 Å². The first-order valence-corrected chi connectivity index (χ1v) is 10.7. The first-order chi connectivity index (χ1) is 13.6. The number of rotatable bonds is 7. The van der Waals surface area contributed by atoms with E-state index in [4.69, 9.17) is 14.5 Å². The predicted octanol–water partition coefficient (Wildman–Crippen LogP) is 3.15. The summed E-state index contributed by atoms with van der Waals surface area (Å²) in [6.07, 6.45) is 3.17. The fraction of sp³-hybridized carbons (Fsp3) is 0.682. The van der Waals surface area contributed by atoms with Crippen molar-refractivity contribution in [3.8, 4) is 0 Å². The number of hydrogen-bond donors (Lipinski definition) is 2. The number of guanidine groups is 1. The van der Waals surface area contributed by atoms with E-state index in [9.17, 15) is 0 Å². The van der Waals surface area contributed by atoms with Gasteiger partial charge in [-0.3, -0.25) is 4.90 Å². The molecule has 3 unspecified atom stereocenters. The maximum atomic E-state index is 5.87. The second-order valence-corrected chi connectivity index (χ2v) is 7.93. The number of nitrogens with one attached hydrogen (secondary N) is 2. The summed E-state index contributed by atoms with van der Waals surface area (Å²) in [6, 6.07) is 8.64. The zero-order chi connectivity index (χ0) is 19.8. The Labute approximate surface area is 192 Å². The largest absolute Gasteiger partial charge is 0.376 e. The normalized spacial score (nSPS) is 25.5. The molecule has 0 spiro atoms. The number of hydrogen-bond acceptors (Lipinski definition) is 4. The lowest BCUT2D eigenvalue weighted by atomic mass is 10.1. The van der Waals surface area contributed by atoms with Crippen LogP contribution in [0.4, 0.5) is 0 Å². The van der Waals surface area contributed by atoms with Crippen LogP contribution >= 0.6 is 24.0 Å². The number of ether oxygens (including phenoxy) is 2. The Bertz CT molecular complexity index is 627. The van der Waals surface area contributed by atoms with Crippen LogP contribution < -0.4 is 10.6 Å². The van der Waals surface area contributed by atoms with Crippen LogP contribution in [0.5, 0.6) is 0 Å². The van der Waals surface area contributed by atoms with Gasteiger partial charge in [0.05, 0.1) is 24.9 Å². The third kappa shape index (κ3) is 8.03. The summed E-state index contributed by atoms with van der Waals surface area (Å²) in [6.45, 7) is 12.5. The fourth-order valence-corrected chi connectivity index (χ4v) is 4.04. The molecule has 2 heterocycles. The highest BCUT2D eigenvalue weighted by molar-refractivity contribution is 14.0. The average Bonchev–Trinajstić information content (AvgIpc) is 3.18. The summed E-state index contributed by atoms with van der Waals surface area (Å²) in [5, 5.41) is 6.78. The summed E-state index contributed by atoms with van der Waals surface area (Å²) in [5.41, 5.74) is 2.63. The highest BCUT2D eigenvalue weighted by atomic mass is 127. The zero-order valence-electron chi connectivity index (χ0n) is 18.0. The van der Waals surface area contributed by atoms with Crippen LogP contribution in [0.1, 0.15) is 44.7 Å². The standard InChI is InChI=1S/C22H36N4O2.HI/c1-4-23-22(25-13-21-10-7-11-27-21)24-12-19-8-5-6-9-20(19)16-26-14-17(2)28-18(3)15-26;/h5-6,8-9,17-18,21H,4,7,10-16H2,1-3H3,(H2,23,24,25);1H. The van der Waals surface area contributed by atoms with E-state index >= 15 is 0 Å². The van der Waals surface area contributed by atoms with Crippen molar-refractivity contribution < 1.29 is 9.47 Å². The van der Waals surface area contributed by atoms with Gasteiger partial charge in [0.25, 0.3) is 0 Å². The molecule has 2 aliphatic heterocycles. The maximum Gasteiger partial charge on any atom is 0.191 e. The van der Waals surface area contributed by atoms with Crippen molar-refractivity contribution in [2.45, 2.75) is 65.0 Å². The van der Waals surface area contributed by atoms with Crippen molar-refractivity contribution >= 4 is 29.9 Å². The monoisotopic (exact) mass is 516 g/mol. The van der Waals surface area contributed by atoms with Crippen LogP contribution in [0, 0.1) is 0 Å². The van der Waals surface area contributed by atoms with Gasteiger partial charge in [-0.15, -0.1) is 24.0 Å². The van der Waals surface area contributed by atoms with Crippen molar-refractivity contribution in [1.29, 1.82) is 0 Å². The van der Waals surface area contributed by atoms with Gasteiger partial charge >= 0.3 is 0 Å². The third-order valence-corrected chi connectivity index (χ3v) is 5.28. The molecule has 2 saturated heterocycles. The number of benzene rings is 1. The highest BCUT2D eigenvalue weighted by Crippen LogP contribution is 2.17. The second-order valence-electron chi connectivity index (χ2n) is 7.93. The van der Waals surface area contributed by atoms with Crippen molar-refractivity contribution in [3.63, 3.8) is 0 Å². The molecule has 3 atom stereocenters. The molecule has 7 heteroatoms. The molecule has 6 nitrogen and oxygen atoms in total. The summed E-state index contributed by atoms with van der Waals surface area (Å²) in [7, 11) is 0. The molecule has 0 radical (unpaired) electrons. The van der Waals surface area contributed by atoms with Gasteiger partial charge in [0, 0.05) is 39.3 Å². The summed E-state index contributed by atoms with van der Waals surface area (Å²) < 4.78 is 11.6. The minimum absolute atomic E-state index is 0. The minimum atomic E-state index is 0. The lowest BCUT2D eigenvalue weighted by Crippen LogP contribution is -2.44. The second kappa shape index (κ2) is 12.7. The van der Waals surface area contributed by atoms with Crippen LogP contribution in [-0.4, -0.2) is 62.0 Å². The lowest BCUT2D eigenvalue weighted by molar-refractivity contribution is -0.0705. The lowest BCUT2D eigenvalue weighted by Gasteiger charge is -2.35. The zero-order valence-corrected chi connectivity index (χ0v) is 20.4. The quantitative estimate of drug-likeness (QED) is 0.332. The molecular formula is C22H37IN4O2. The van der Waals surface area contributed by atoms with Crippen LogP contribution in [0.15, 0.2) is 29.3 Å². The number of nitrogens with zero attached hydrogens (tertiary/aromatic N) is 2. The first kappa shape index (κ1) is 24.4.